The quantitative estimate of drug-likeness (QED) is 0.708. The van der Waals surface area contributed by atoms with Crippen molar-refractivity contribution in [3.8, 4) is 23.4 Å². The second kappa shape index (κ2) is 5.12. The predicted octanol–water partition coefficient (Wildman–Crippen LogP) is 1.64. The van der Waals surface area contributed by atoms with E-state index in [0.717, 1.165) is 11.1 Å². The molecule has 0 N–H and O–H groups in total. The van der Waals surface area contributed by atoms with Crippen LogP contribution in [0.1, 0.15) is 22.6 Å². The first-order valence-corrected chi connectivity index (χ1v) is 6.16. The summed E-state index contributed by atoms with van der Waals surface area (Å²) in [5.41, 5.74) is 3.50. The molecule has 0 unspecified atom stereocenters. The van der Waals surface area contributed by atoms with Crippen molar-refractivity contribution >= 4 is 5.71 Å². The third-order valence-electron chi connectivity index (χ3n) is 3.12. The molecular formula is C15H9N5O. The minimum atomic E-state index is 0.00849. The van der Waals surface area contributed by atoms with Crippen LogP contribution in [-0.4, -0.2) is 29.5 Å². The molecule has 0 atom stereocenters. The number of rotatable bonds is 2. The normalized spacial score (nSPS) is 13.4. The van der Waals surface area contributed by atoms with E-state index in [1.807, 2.05) is 36.4 Å². The van der Waals surface area contributed by atoms with Crippen LogP contribution in [0.4, 0.5) is 0 Å². The van der Waals surface area contributed by atoms with E-state index in [-0.39, 0.29) is 18.1 Å². The summed E-state index contributed by atoms with van der Waals surface area (Å²) in [6, 6.07) is 11.4. The molecule has 0 amide bonds. The van der Waals surface area contributed by atoms with Gasteiger partial charge in [0, 0.05) is 18.2 Å². The summed E-state index contributed by atoms with van der Waals surface area (Å²) in [5, 5.41) is 18.2. The molecule has 0 radical (unpaired) electrons. The predicted molar refractivity (Wildman–Crippen MR) is 74.4 cm³/mol. The van der Waals surface area contributed by atoms with E-state index in [0.29, 0.717) is 17.1 Å². The van der Waals surface area contributed by atoms with Crippen LogP contribution in [0.25, 0.3) is 11.3 Å². The molecule has 2 aromatic rings. The summed E-state index contributed by atoms with van der Waals surface area (Å²) in [4.78, 5) is 12.9. The first-order chi connectivity index (χ1) is 10.3. The fourth-order valence-corrected chi connectivity index (χ4v) is 2.26. The highest BCUT2D eigenvalue weighted by Crippen LogP contribution is 2.34. The van der Waals surface area contributed by atoms with E-state index >= 15 is 0 Å². The van der Waals surface area contributed by atoms with Crippen molar-refractivity contribution < 1.29 is 4.74 Å². The number of hydrogen-bond acceptors (Lipinski definition) is 6. The van der Waals surface area contributed by atoms with Crippen LogP contribution in [0.5, 0.6) is 0 Å². The van der Waals surface area contributed by atoms with E-state index in [1.54, 1.807) is 7.11 Å². The Morgan fingerprint density at radius 1 is 1.05 bits per heavy atom. The lowest BCUT2D eigenvalue weighted by Gasteiger charge is -2.01. The number of methoxy groups -OCH3 is 1. The Morgan fingerprint density at radius 2 is 1.67 bits per heavy atom. The number of hydrogen-bond donors (Lipinski definition) is 0. The van der Waals surface area contributed by atoms with E-state index in [1.165, 1.54) is 0 Å². The first kappa shape index (κ1) is 12.9. The van der Waals surface area contributed by atoms with Crippen LogP contribution in [-0.2, 0) is 4.74 Å². The van der Waals surface area contributed by atoms with Gasteiger partial charge in [0.25, 0.3) is 0 Å². The first-order valence-electron chi connectivity index (χ1n) is 6.16. The van der Waals surface area contributed by atoms with Gasteiger partial charge in [0.2, 0.25) is 0 Å². The van der Waals surface area contributed by atoms with Crippen LogP contribution in [0, 0.1) is 22.7 Å². The second-order valence-corrected chi connectivity index (χ2v) is 4.31. The number of aromatic nitrogens is 2. The second-order valence-electron chi connectivity index (χ2n) is 4.31. The Labute approximate surface area is 121 Å². The van der Waals surface area contributed by atoms with Crippen molar-refractivity contribution in [2.75, 3.05) is 13.8 Å². The van der Waals surface area contributed by atoms with Crippen LogP contribution in [0.2, 0.25) is 0 Å². The Balaban J connectivity index is 2.31. The standard InChI is InChI=1S/C15H9N5O/c1-21-8-18-13-9-4-2-3-5-10(9)14-15(13)20-12(7-17)11(6-16)19-14/h2-5H,8H2,1H3/b18-13-. The topological polar surface area (TPSA) is 95.0 Å². The zero-order valence-electron chi connectivity index (χ0n) is 11.2. The van der Waals surface area contributed by atoms with Gasteiger partial charge in [0.15, 0.2) is 11.4 Å². The zero-order chi connectivity index (χ0) is 14.8. The maximum atomic E-state index is 9.09. The van der Waals surface area contributed by atoms with Gasteiger partial charge in [0.1, 0.15) is 30.3 Å². The van der Waals surface area contributed by atoms with Gasteiger partial charge in [-0.1, -0.05) is 24.3 Å². The van der Waals surface area contributed by atoms with E-state index in [2.05, 4.69) is 15.0 Å². The Morgan fingerprint density at radius 3 is 2.29 bits per heavy atom. The molecule has 6 heteroatoms. The lowest BCUT2D eigenvalue weighted by atomic mass is 10.1. The smallest absolute Gasteiger partial charge is 0.177 e. The summed E-state index contributed by atoms with van der Waals surface area (Å²) >= 11 is 0. The molecule has 0 fully saturated rings. The Hall–Kier alpha value is -3.09. The molecule has 6 nitrogen and oxygen atoms in total. The van der Waals surface area contributed by atoms with Gasteiger partial charge in [0.05, 0.1) is 5.71 Å². The molecule has 0 spiro atoms. The van der Waals surface area contributed by atoms with Crippen molar-refractivity contribution in [1.82, 2.24) is 9.97 Å². The Bertz CT molecular complexity index is 842. The molecule has 100 valence electrons. The van der Waals surface area contributed by atoms with Gasteiger partial charge in [-0.25, -0.2) is 9.97 Å². The van der Waals surface area contributed by atoms with Crippen LogP contribution in [0.3, 0.4) is 0 Å². The molecule has 21 heavy (non-hydrogen) atoms. The van der Waals surface area contributed by atoms with Crippen molar-refractivity contribution in [3.05, 3.63) is 46.9 Å². The minimum Gasteiger partial charge on any atom is -0.363 e. The van der Waals surface area contributed by atoms with Gasteiger partial charge >= 0.3 is 0 Å². The molecule has 3 rings (SSSR count). The summed E-state index contributed by atoms with van der Waals surface area (Å²) in [6.45, 7) is 0.187. The molecule has 0 saturated heterocycles. The highest BCUT2D eigenvalue weighted by Gasteiger charge is 2.29. The third kappa shape index (κ3) is 1.95. The zero-order valence-corrected chi connectivity index (χ0v) is 11.2. The average molecular weight is 275 g/mol. The van der Waals surface area contributed by atoms with Gasteiger partial charge < -0.3 is 4.74 Å². The lowest BCUT2D eigenvalue weighted by molar-refractivity contribution is 0.209. The van der Waals surface area contributed by atoms with Gasteiger partial charge in [-0.2, -0.15) is 10.5 Å². The van der Waals surface area contributed by atoms with Crippen molar-refractivity contribution in [2.45, 2.75) is 0 Å². The molecule has 1 aromatic heterocycles. The van der Waals surface area contributed by atoms with Crippen molar-refractivity contribution in [2.24, 2.45) is 4.99 Å². The summed E-state index contributed by atoms with van der Waals surface area (Å²) in [6.07, 6.45) is 0. The number of nitriles is 2. The molecular weight excluding hydrogens is 266 g/mol. The molecule has 0 saturated carbocycles. The number of benzene rings is 1. The number of ether oxygens (including phenoxy) is 1. The summed E-state index contributed by atoms with van der Waals surface area (Å²) in [5.74, 6) is 0. The molecule has 1 heterocycles. The minimum absolute atomic E-state index is 0.00849. The fraction of sp³-hybridized carbons (Fsp3) is 0.133. The van der Waals surface area contributed by atoms with E-state index in [9.17, 15) is 0 Å². The fourth-order valence-electron chi connectivity index (χ4n) is 2.26. The van der Waals surface area contributed by atoms with Crippen molar-refractivity contribution in [1.29, 1.82) is 10.5 Å². The summed E-state index contributed by atoms with van der Waals surface area (Å²) < 4.78 is 4.98. The highest BCUT2D eigenvalue weighted by molar-refractivity contribution is 6.22. The molecule has 0 aliphatic heterocycles. The van der Waals surface area contributed by atoms with E-state index in [4.69, 9.17) is 15.3 Å². The SMILES string of the molecule is COC/N=C1/c2ccccc2-c2nc(C#N)c(C#N)nc21. The van der Waals surface area contributed by atoms with Gasteiger partial charge in [-0.15, -0.1) is 0 Å². The van der Waals surface area contributed by atoms with Gasteiger partial charge in [-0.3, -0.25) is 4.99 Å². The molecule has 0 bridgehead atoms. The third-order valence-corrected chi connectivity index (χ3v) is 3.12. The molecule has 1 aliphatic carbocycles. The maximum Gasteiger partial charge on any atom is 0.177 e. The number of aliphatic imine (C=N–C) groups is 1. The van der Waals surface area contributed by atoms with Crippen LogP contribution in [0.15, 0.2) is 29.3 Å². The maximum absolute atomic E-state index is 9.09. The van der Waals surface area contributed by atoms with Crippen LogP contribution >= 0.6 is 0 Å². The highest BCUT2D eigenvalue weighted by atomic mass is 16.5. The molecule has 1 aliphatic rings. The lowest BCUT2D eigenvalue weighted by Crippen LogP contribution is -2.06. The monoisotopic (exact) mass is 275 g/mol. The largest absolute Gasteiger partial charge is 0.363 e. The number of nitrogens with zero attached hydrogens (tertiary/aromatic N) is 5. The van der Waals surface area contributed by atoms with Gasteiger partial charge in [-0.05, 0) is 0 Å². The van der Waals surface area contributed by atoms with Crippen molar-refractivity contribution in [3.63, 3.8) is 0 Å². The summed E-state index contributed by atoms with van der Waals surface area (Å²) in [7, 11) is 1.55. The Kier molecular flexibility index (Phi) is 3.15. The van der Waals surface area contributed by atoms with Crippen LogP contribution < -0.4 is 0 Å². The molecule has 1 aromatic carbocycles. The van der Waals surface area contributed by atoms with E-state index < -0.39 is 0 Å². The average Bonchev–Trinajstić information content (AvgIpc) is 2.84. The number of fused-ring (bicyclic) bond motifs is 3.